The Kier molecular flexibility index (Phi) is 7.79. The number of rotatable bonds is 9. The predicted octanol–water partition coefficient (Wildman–Crippen LogP) is 4.35. The summed E-state index contributed by atoms with van der Waals surface area (Å²) in [5.41, 5.74) is 1.03. The van der Waals surface area contributed by atoms with E-state index >= 15 is 0 Å². The van der Waals surface area contributed by atoms with Crippen molar-refractivity contribution < 1.29 is 14.0 Å². The minimum Gasteiger partial charge on any atom is -0.426 e. The van der Waals surface area contributed by atoms with Crippen LogP contribution in [0, 0.1) is 0 Å². The lowest BCUT2D eigenvalue weighted by molar-refractivity contribution is 0.408. The number of hydrogen-bond donors (Lipinski definition) is 1. The van der Waals surface area contributed by atoms with Gasteiger partial charge in [-0.05, 0) is 24.5 Å². The molecule has 1 atom stereocenters. The maximum Gasteiger partial charge on any atom is 0.365 e. The molecular weight excluding hydrogens is 247 g/mol. The minimum absolute atomic E-state index is 0.553. The van der Waals surface area contributed by atoms with Gasteiger partial charge in [-0.15, -0.1) is 0 Å². The maximum atomic E-state index is 10.7. The molecule has 0 bridgehead atoms. The summed E-state index contributed by atoms with van der Waals surface area (Å²) in [4.78, 5) is 8.82. The molecule has 0 saturated heterocycles. The molecule has 0 fully saturated rings. The topological polar surface area (TPSA) is 46.5 Å². The molecule has 18 heavy (non-hydrogen) atoms. The average molecular weight is 270 g/mol. The molecule has 1 aromatic carbocycles. The highest BCUT2D eigenvalue weighted by Gasteiger charge is 2.04. The molecule has 0 aliphatic rings. The SMILES string of the molecule is CCCCCCCCc1ccccc1O[PH](=O)O. The van der Waals surface area contributed by atoms with Gasteiger partial charge < -0.3 is 9.42 Å². The van der Waals surface area contributed by atoms with Crippen molar-refractivity contribution in [2.45, 2.75) is 51.9 Å². The van der Waals surface area contributed by atoms with Crippen LogP contribution in [0.4, 0.5) is 0 Å². The number of aryl methyl sites for hydroxylation is 1. The Labute approximate surface area is 110 Å². The van der Waals surface area contributed by atoms with E-state index in [-0.39, 0.29) is 0 Å². The summed E-state index contributed by atoms with van der Waals surface area (Å²) >= 11 is 0. The zero-order chi connectivity index (χ0) is 13.2. The van der Waals surface area contributed by atoms with Crippen LogP contribution in [0.15, 0.2) is 24.3 Å². The molecule has 1 rings (SSSR count). The van der Waals surface area contributed by atoms with E-state index in [1.54, 1.807) is 6.07 Å². The normalized spacial score (nSPS) is 12.3. The standard InChI is InChI=1S/C14H23O3P/c1-2-3-4-5-6-7-10-13-11-8-9-12-14(13)17-18(15)16/h8-9,11-12,18H,2-7,10H2,1H3,(H,15,16). The highest BCUT2D eigenvalue weighted by Crippen LogP contribution is 2.27. The molecule has 0 amide bonds. The van der Waals surface area contributed by atoms with Crippen molar-refractivity contribution in [1.29, 1.82) is 0 Å². The van der Waals surface area contributed by atoms with Gasteiger partial charge in [0.2, 0.25) is 0 Å². The van der Waals surface area contributed by atoms with Crippen molar-refractivity contribution >= 4 is 8.25 Å². The molecule has 1 N–H and O–H groups in total. The molecule has 3 nitrogen and oxygen atoms in total. The lowest BCUT2D eigenvalue weighted by Gasteiger charge is -2.08. The number of benzene rings is 1. The van der Waals surface area contributed by atoms with Gasteiger partial charge in [-0.25, -0.2) is 4.57 Å². The zero-order valence-electron chi connectivity index (χ0n) is 11.0. The quantitative estimate of drug-likeness (QED) is 0.536. The second-order valence-corrected chi connectivity index (χ2v) is 5.23. The second-order valence-electron chi connectivity index (χ2n) is 4.49. The Morgan fingerprint density at radius 2 is 1.78 bits per heavy atom. The van der Waals surface area contributed by atoms with Gasteiger partial charge in [0.15, 0.2) is 0 Å². The molecule has 0 spiro atoms. The van der Waals surface area contributed by atoms with E-state index in [4.69, 9.17) is 9.42 Å². The van der Waals surface area contributed by atoms with E-state index in [1.165, 1.54) is 32.1 Å². The molecular formula is C14H23O3P. The van der Waals surface area contributed by atoms with Crippen LogP contribution in [0.2, 0.25) is 0 Å². The van der Waals surface area contributed by atoms with E-state index < -0.39 is 8.25 Å². The lowest BCUT2D eigenvalue weighted by Crippen LogP contribution is -1.91. The molecule has 1 unspecified atom stereocenters. The Bertz CT molecular complexity index is 366. The molecule has 102 valence electrons. The van der Waals surface area contributed by atoms with E-state index in [0.29, 0.717) is 5.75 Å². The first-order chi connectivity index (χ1) is 8.74. The van der Waals surface area contributed by atoms with Crippen LogP contribution >= 0.6 is 8.25 Å². The van der Waals surface area contributed by atoms with Gasteiger partial charge in [0.05, 0.1) is 0 Å². The van der Waals surface area contributed by atoms with Crippen LogP contribution in [-0.4, -0.2) is 4.89 Å². The van der Waals surface area contributed by atoms with Gasteiger partial charge in [-0.3, -0.25) is 0 Å². The van der Waals surface area contributed by atoms with Crippen LogP contribution in [-0.2, 0) is 11.0 Å². The van der Waals surface area contributed by atoms with Crippen LogP contribution in [0.25, 0.3) is 0 Å². The lowest BCUT2D eigenvalue weighted by atomic mass is 10.0. The average Bonchev–Trinajstić information content (AvgIpc) is 2.35. The summed E-state index contributed by atoms with van der Waals surface area (Å²) in [5, 5.41) is 0. The maximum absolute atomic E-state index is 10.7. The Morgan fingerprint density at radius 1 is 1.11 bits per heavy atom. The molecule has 4 heteroatoms. The third-order valence-electron chi connectivity index (χ3n) is 2.97. The van der Waals surface area contributed by atoms with Gasteiger partial charge >= 0.3 is 8.25 Å². The number of unbranched alkanes of at least 4 members (excludes halogenated alkanes) is 5. The Morgan fingerprint density at radius 3 is 2.50 bits per heavy atom. The van der Waals surface area contributed by atoms with Crippen LogP contribution < -0.4 is 4.52 Å². The van der Waals surface area contributed by atoms with Gasteiger partial charge in [-0.1, -0.05) is 57.2 Å². The summed E-state index contributed by atoms with van der Waals surface area (Å²) in [6.07, 6.45) is 8.39. The first kappa shape index (κ1) is 15.3. The second kappa shape index (κ2) is 9.18. The largest absolute Gasteiger partial charge is 0.426 e. The van der Waals surface area contributed by atoms with Gasteiger partial charge in [0.25, 0.3) is 0 Å². The summed E-state index contributed by atoms with van der Waals surface area (Å²) in [6.45, 7) is 2.21. The Balaban J connectivity index is 2.34. The van der Waals surface area contributed by atoms with Crippen LogP contribution in [0.1, 0.15) is 51.0 Å². The third kappa shape index (κ3) is 6.23. The van der Waals surface area contributed by atoms with E-state index in [0.717, 1.165) is 18.4 Å². The first-order valence-corrected chi connectivity index (χ1v) is 7.99. The van der Waals surface area contributed by atoms with Crippen LogP contribution in [0.5, 0.6) is 5.75 Å². The first-order valence-electron chi connectivity index (χ1n) is 6.72. The molecule has 0 aromatic heterocycles. The monoisotopic (exact) mass is 270 g/mol. The molecule has 0 aliphatic carbocycles. The third-order valence-corrected chi connectivity index (χ3v) is 3.36. The zero-order valence-corrected chi connectivity index (χ0v) is 12.0. The van der Waals surface area contributed by atoms with Crippen molar-refractivity contribution in [3.05, 3.63) is 29.8 Å². The van der Waals surface area contributed by atoms with Crippen molar-refractivity contribution in [3.63, 3.8) is 0 Å². The minimum atomic E-state index is -2.90. The Hall–Kier alpha value is -0.790. The van der Waals surface area contributed by atoms with Gasteiger partial charge in [0, 0.05) is 0 Å². The highest BCUT2D eigenvalue weighted by atomic mass is 31.1. The summed E-state index contributed by atoms with van der Waals surface area (Å²) in [7, 11) is -2.90. The van der Waals surface area contributed by atoms with Gasteiger partial charge in [0.1, 0.15) is 5.75 Å². The van der Waals surface area contributed by atoms with E-state index in [9.17, 15) is 4.57 Å². The summed E-state index contributed by atoms with van der Waals surface area (Å²) in [6, 6.07) is 7.48. The fourth-order valence-corrected chi connectivity index (χ4v) is 2.39. The summed E-state index contributed by atoms with van der Waals surface area (Å²) < 4.78 is 15.7. The molecule has 0 heterocycles. The number of hydrogen-bond acceptors (Lipinski definition) is 2. The summed E-state index contributed by atoms with van der Waals surface area (Å²) in [5.74, 6) is 0.553. The smallest absolute Gasteiger partial charge is 0.365 e. The van der Waals surface area contributed by atoms with E-state index in [1.807, 2.05) is 18.2 Å². The molecule has 0 aliphatic heterocycles. The van der Waals surface area contributed by atoms with Crippen molar-refractivity contribution in [2.75, 3.05) is 0 Å². The van der Waals surface area contributed by atoms with Crippen molar-refractivity contribution in [2.24, 2.45) is 0 Å². The molecule has 1 aromatic rings. The molecule has 0 saturated carbocycles. The van der Waals surface area contributed by atoms with E-state index in [2.05, 4.69) is 6.92 Å². The van der Waals surface area contributed by atoms with Crippen molar-refractivity contribution in [3.8, 4) is 5.75 Å². The van der Waals surface area contributed by atoms with Gasteiger partial charge in [-0.2, -0.15) is 0 Å². The molecule has 0 radical (unpaired) electrons. The highest BCUT2D eigenvalue weighted by molar-refractivity contribution is 7.32. The fraction of sp³-hybridized carbons (Fsp3) is 0.571. The van der Waals surface area contributed by atoms with Crippen molar-refractivity contribution in [1.82, 2.24) is 0 Å². The predicted molar refractivity (Wildman–Crippen MR) is 75.4 cm³/mol. The van der Waals surface area contributed by atoms with Crippen LogP contribution in [0.3, 0.4) is 0 Å². The fourth-order valence-electron chi connectivity index (χ4n) is 2.00. The number of para-hydroxylation sites is 1.